The number of nitrogens with zero attached hydrogens (tertiary/aromatic N) is 6. The first kappa shape index (κ1) is 38.7. The van der Waals surface area contributed by atoms with Gasteiger partial charge < -0.3 is 21.3 Å². The quantitative estimate of drug-likeness (QED) is 0.452. The van der Waals surface area contributed by atoms with Crippen molar-refractivity contribution in [1.29, 1.82) is 10.5 Å². The first-order valence-electron chi connectivity index (χ1n) is 15.8. The van der Waals surface area contributed by atoms with E-state index in [9.17, 15) is 36.9 Å². The number of nitrogens with two attached hydrogens (primary N) is 2. The summed E-state index contributed by atoms with van der Waals surface area (Å²) < 4.78 is 51.6. The third kappa shape index (κ3) is 5.06. The fourth-order valence-electron chi connectivity index (χ4n) is 6.94. The van der Waals surface area contributed by atoms with E-state index >= 15 is 0 Å². The monoisotopic (exact) mass is 788 g/mol. The van der Waals surface area contributed by atoms with Gasteiger partial charge in [-0.2, -0.15) is 10.5 Å². The second kappa shape index (κ2) is 12.0. The van der Waals surface area contributed by atoms with E-state index in [1.54, 1.807) is 92.0 Å². The summed E-state index contributed by atoms with van der Waals surface area (Å²) in [5.74, 6) is -1.23. The van der Waals surface area contributed by atoms with E-state index in [4.69, 9.17) is 34.7 Å². The molecule has 0 saturated carbocycles. The number of anilines is 2. The van der Waals surface area contributed by atoms with Crippen molar-refractivity contribution in [3.8, 4) is 12.1 Å². The van der Waals surface area contributed by atoms with Gasteiger partial charge in [-0.25, -0.2) is 16.8 Å². The van der Waals surface area contributed by atoms with Crippen molar-refractivity contribution in [2.45, 2.75) is 61.9 Å². The van der Waals surface area contributed by atoms with Crippen molar-refractivity contribution in [2.24, 2.45) is 11.5 Å². The topological polar surface area (TPSA) is 215 Å². The van der Waals surface area contributed by atoms with Crippen LogP contribution in [0.5, 0.6) is 0 Å². The van der Waals surface area contributed by atoms with Gasteiger partial charge in [-0.05, 0) is 77.9 Å². The van der Waals surface area contributed by atoms with Gasteiger partial charge in [0.2, 0.25) is 31.9 Å². The smallest absolute Gasteiger partial charge is 0.244 e. The van der Waals surface area contributed by atoms with Crippen LogP contribution < -0.4 is 21.3 Å². The van der Waals surface area contributed by atoms with Crippen LogP contribution >= 0.6 is 23.2 Å². The maximum absolute atomic E-state index is 13.2. The molecule has 6 rings (SSSR count). The zero-order chi connectivity index (χ0) is 39.3. The molecule has 0 aliphatic carbocycles. The van der Waals surface area contributed by atoms with Gasteiger partial charge in [0.25, 0.3) is 0 Å². The van der Waals surface area contributed by atoms with Crippen molar-refractivity contribution in [1.82, 2.24) is 8.61 Å². The third-order valence-electron chi connectivity index (χ3n) is 9.92. The van der Waals surface area contributed by atoms with Gasteiger partial charge in [0.05, 0.1) is 33.7 Å². The van der Waals surface area contributed by atoms with Crippen LogP contribution in [0.2, 0.25) is 10.0 Å². The number of nitriles is 2. The molecule has 2 aromatic rings. The molecular formula is C34H38Cl2N8O6S2. The number of fused-ring (bicyclic) bond motifs is 4. The highest BCUT2D eigenvalue weighted by molar-refractivity contribution is 7.90. The van der Waals surface area contributed by atoms with Crippen molar-refractivity contribution in [3.63, 3.8) is 0 Å². The molecule has 2 atom stereocenters. The van der Waals surface area contributed by atoms with Crippen molar-refractivity contribution in [2.75, 3.05) is 37.0 Å². The van der Waals surface area contributed by atoms with Gasteiger partial charge in [-0.1, -0.05) is 23.2 Å². The van der Waals surface area contributed by atoms with E-state index in [1.165, 1.54) is 9.80 Å². The molecule has 2 amide bonds. The Balaban J connectivity index is 0.000000201. The van der Waals surface area contributed by atoms with Gasteiger partial charge in [0, 0.05) is 46.6 Å². The maximum Gasteiger partial charge on any atom is 0.244 e. The summed E-state index contributed by atoms with van der Waals surface area (Å²) in [5.41, 5.74) is 11.2. The van der Waals surface area contributed by atoms with Crippen LogP contribution in [0.4, 0.5) is 11.4 Å². The van der Waals surface area contributed by atoms with Crippen LogP contribution in [0.15, 0.2) is 59.2 Å². The predicted octanol–water partition coefficient (Wildman–Crippen LogP) is 3.38. The number of carbonyl (C=O) groups is 2. The minimum absolute atomic E-state index is 0.0665. The Bertz CT molecular complexity index is 2170. The molecule has 4 N–H and O–H groups in total. The molecule has 0 bridgehead atoms. The molecule has 4 heterocycles. The summed E-state index contributed by atoms with van der Waals surface area (Å²) in [4.78, 5) is 29.1. The lowest BCUT2D eigenvalue weighted by Gasteiger charge is -2.30. The number of carbonyl (C=O) groups excluding carboxylic acids is 2. The van der Waals surface area contributed by atoms with Crippen LogP contribution in [0.1, 0.15) is 52.7 Å². The molecule has 4 aliphatic heterocycles. The molecule has 0 aromatic heterocycles. The lowest BCUT2D eigenvalue weighted by molar-refractivity contribution is -0.122. The number of likely N-dealkylation sites (N-methyl/N-ethyl adjacent to an activating group) is 2. The second-order valence-electron chi connectivity index (χ2n) is 14.9. The largest absolute Gasteiger partial charge is 0.384 e. The van der Waals surface area contributed by atoms with E-state index in [1.807, 2.05) is 12.1 Å². The fourth-order valence-corrected chi connectivity index (χ4v) is 10.0. The van der Waals surface area contributed by atoms with E-state index < -0.39 is 52.2 Å². The highest BCUT2D eigenvalue weighted by Gasteiger charge is 2.62. The number of sulfonamides is 2. The molecule has 0 radical (unpaired) electrons. The molecule has 2 spiro atoms. The minimum Gasteiger partial charge on any atom is -0.384 e. The highest BCUT2D eigenvalue weighted by Crippen LogP contribution is 2.53. The zero-order valence-corrected chi connectivity index (χ0v) is 32.9. The van der Waals surface area contributed by atoms with Gasteiger partial charge in [-0.3, -0.25) is 18.2 Å². The van der Waals surface area contributed by atoms with Gasteiger partial charge in [0.1, 0.15) is 34.6 Å². The SMILES string of the molecule is CN1C(=O)[C@@]2(CN(S(=O)(=O)C(C)(C)C)C(N)=C2C#N)c2cc(Cl)ccc21.CN1C(=O)[C@@]2(CN(S(=O)(=O)C(C)(C)C)C(N)=C2C#N)c2cc(Cl)ccc21. The standard InChI is InChI=1S/2C17H19ClN4O3S/c2*1-16(2,3)26(24,25)22-9-17(12(8-19)14(22)20)11-7-10(18)5-6-13(11)21(4)15(17)23/h2*5-7H,9,20H2,1-4H3/t2*17-/m00/s1. The minimum atomic E-state index is -3.89. The van der Waals surface area contributed by atoms with E-state index in [0.29, 0.717) is 32.5 Å². The number of hydrogen-bond acceptors (Lipinski definition) is 10. The summed E-state index contributed by atoms with van der Waals surface area (Å²) >= 11 is 12.2. The lowest BCUT2D eigenvalue weighted by atomic mass is 9.77. The van der Waals surface area contributed by atoms with E-state index in [-0.39, 0.29) is 35.9 Å². The summed E-state index contributed by atoms with van der Waals surface area (Å²) in [6.45, 7) is 8.75. The highest BCUT2D eigenvalue weighted by atomic mass is 35.5. The molecule has 0 saturated heterocycles. The predicted molar refractivity (Wildman–Crippen MR) is 197 cm³/mol. The maximum atomic E-state index is 13.2. The zero-order valence-electron chi connectivity index (χ0n) is 29.7. The number of halogens is 2. The summed E-state index contributed by atoms with van der Waals surface area (Å²) in [5, 5.41) is 20.2. The average molecular weight is 790 g/mol. The van der Waals surface area contributed by atoms with Gasteiger partial charge in [0.15, 0.2) is 0 Å². The first-order chi connectivity index (χ1) is 23.8. The Kier molecular flexibility index (Phi) is 8.96. The summed E-state index contributed by atoms with van der Waals surface area (Å²) in [7, 11) is -4.62. The van der Waals surface area contributed by atoms with Crippen LogP contribution in [0.25, 0.3) is 0 Å². The third-order valence-corrected chi connectivity index (χ3v) is 15.3. The van der Waals surface area contributed by atoms with E-state index in [0.717, 1.165) is 8.61 Å². The van der Waals surface area contributed by atoms with Crippen LogP contribution in [-0.4, -0.2) is 73.9 Å². The normalized spacial score (nSPS) is 23.0. The second-order valence-corrected chi connectivity index (χ2v) is 21.0. The number of rotatable bonds is 2. The van der Waals surface area contributed by atoms with Crippen molar-refractivity contribution >= 4 is 66.4 Å². The van der Waals surface area contributed by atoms with Crippen molar-refractivity contribution in [3.05, 3.63) is 80.4 Å². The molecule has 0 unspecified atom stereocenters. The number of hydrogen-bond donors (Lipinski definition) is 2. The average Bonchev–Trinajstić information content (AvgIpc) is 3.66. The molecule has 4 aliphatic rings. The Morgan fingerprint density at radius 2 is 0.981 bits per heavy atom. The van der Waals surface area contributed by atoms with Crippen LogP contribution in [-0.2, 0) is 40.5 Å². The molecule has 18 heteroatoms. The number of benzene rings is 2. The first-order valence-corrected chi connectivity index (χ1v) is 19.4. The fraction of sp³-hybridized carbons (Fsp3) is 0.412. The van der Waals surface area contributed by atoms with E-state index in [2.05, 4.69) is 0 Å². The molecular weight excluding hydrogens is 751 g/mol. The molecule has 14 nitrogen and oxygen atoms in total. The molecule has 276 valence electrons. The summed E-state index contributed by atoms with van der Waals surface area (Å²) in [6.07, 6.45) is 0. The van der Waals surface area contributed by atoms with Gasteiger partial charge in [-0.15, -0.1) is 0 Å². The van der Waals surface area contributed by atoms with Crippen molar-refractivity contribution < 1.29 is 26.4 Å². The lowest BCUT2D eigenvalue weighted by Crippen LogP contribution is -2.48. The van der Waals surface area contributed by atoms with Crippen LogP contribution in [0.3, 0.4) is 0 Å². The van der Waals surface area contributed by atoms with Crippen LogP contribution in [0, 0.1) is 22.7 Å². The summed E-state index contributed by atoms with van der Waals surface area (Å²) in [6, 6.07) is 13.8. The number of amides is 2. The Hall–Kier alpha value is -4.48. The molecule has 52 heavy (non-hydrogen) atoms. The Morgan fingerprint density at radius 3 is 1.25 bits per heavy atom. The van der Waals surface area contributed by atoms with Gasteiger partial charge >= 0.3 is 0 Å². The molecule has 0 fully saturated rings. The Labute approximate surface area is 313 Å². The Morgan fingerprint density at radius 1 is 0.673 bits per heavy atom. The molecule has 2 aromatic carbocycles.